The average molecular weight is 352 g/mol. The number of amides is 1. The maximum Gasteiger partial charge on any atom is 0.417 e. The maximum absolute atomic E-state index is 12.7. The van der Waals surface area contributed by atoms with Crippen molar-refractivity contribution >= 4 is 27.6 Å². The van der Waals surface area contributed by atoms with E-state index in [4.69, 9.17) is 0 Å². The molecule has 1 aromatic carbocycles. The monoisotopic (exact) mass is 351 g/mol. The Labute approximate surface area is 122 Å². The zero-order chi connectivity index (χ0) is 15.5. The summed E-state index contributed by atoms with van der Waals surface area (Å²) in [7, 11) is 0. The Kier molecular flexibility index (Phi) is 5.33. The van der Waals surface area contributed by atoms with Gasteiger partial charge in [0.25, 0.3) is 5.91 Å². The Morgan fingerprint density at radius 2 is 1.90 bits per heavy atom. The first-order valence-electron chi connectivity index (χ1n) is 5.80. The highest BCUT2D eigenvalue weighted by atomic mass is 79.9. The third-order valence-corrected chi connectivity index (χ3v) is 3.29. The van der Waals surface area contributed by atoms with E-state index in [1.54, 1.807) is 13.8 Å². The van der Waals surface area contributed by atoms with Crippen LogP contribution in [0.15, 0.2) is 22.7 Å². The van der Waals surface area contributed by atoms with Gasteiger partial charge >= 0.3 is 6.18 Å². The number of hydrogen-bond acceptors (Lipinski definition) is 2. The number of halogens is 4. The summed E-state index contributed by atoms with van der Waals surface area (Å²) in [6, 6.07) is 3.16. The van der Waals surface area contributed by atoms with Gasteiger partial charge in [-0.25, -0.2) is 0 Å². The van der Waals surface area contributed by atoms with E-state index in [-0.39, 0.29) is 28.3 Å². The first-order valence-corrected chi connectivity index (χ1v) is 6.60. The lowest BCUT2D eigenvalue weighted by atomic mass is 10.1. The maximum atomic E-state index is 12.7. The number of carbonyl (C=O) groups is 2. The van der Waals surface area contributed by atoms with Gasteiger partial charge in [0, 0.05) is 16.0 Å². The molecule has 0 fully saturated rings. The van der Waals surface area contributed by atoms with Crippen LogP contribution in [0.4, 0.5) is 13.2 Å². The minimum absolute atomic E-state index is 0.139. The second-order valence-electron chi connectivity index (χ2n) is 4.50. The van der Waals surface area contributed by atoms with Gasteiger partial charge in [-0.15, -0.1) is 0 Å². The topological polar surface area (TPSA) is 46.2 Å². The molecular formula is C13H13BrF3NO2. The molecule has 0 radical (unpaired) electrons. The van der Waals surface area contributed by atoms with Crippen molar-refractivity contribution in [3.63, 3.8) is 0 Å². The normalized spacial score (nSPS) is 11.6. The molecule has 1 N–H and O–H groups in total. The number of alkyl halides is 3. The molecule has 0 aliphatic heterocycles. The van der Waals surface area contributed by atoms with E-state index in [0.717, 1.165) is 12.1 Å². The quantitative estimate of drug-likeness (QED) is 0.903. The molecule has 0 heterocycles. The second kappa shape index (κ2) is 6.39. The molecule has 1 rings (SSSR count). The van der Waals surface area contributed by atoms with Crippen LogP contribution in [-0.2, 0) is 11.0 Å². The van der Waals surface area contributed by atoms with Gasteiger partial charge in [-0.1, -0.05) is 29.8 Å². The van der Waals surface area contributed by atoms with E-state index in [2.05, 4.69) is 21.2 Å². The zero-order valence-corrected chi connectivity index (χ0v) is 12.4. The molecule has 1 aromatic rings. The first kappa shape index (κ1) is 16.7. The minimum Gasteiger partial charge on any atom is -0.345 e. The van der Waals surface area contributed by atoms with Crippen LogP contribution >= 0.6 is 15.9 Å². The molecule has 3 nitrogen and oxygen atoms in total. The first-order chi connectivity index (χ1) is 9.12. The van der Waals surface area contributed by atoms with Gasteiger partial charge < -0.3 is 5.32 Å². The number of Topliss-reactive ketones (excluding diaryl/α,β-unsaturated/α-hetero) is 1. The Hall–Kier alpha value is -1.37. The van der Waals surface area contributed by atoms with E-state index >= 15 is 0 Å². The standard InChI is InChI=1S/C13H13BrF3NO2/c1-7(2)11(19)6-18-12(20)8-3-4-10(14)9(5-8)13(15,16)17/h3-5,7H,6H2,1-2H3,(H,18,20). The lowest BCUT2D eigenvalue weighted by molar-refractivity contribution is -0.138. The van der Waals surface area contributed by atoms with Crippen molar-refractivity contribution in [2.75, 3.05) is 6.54 Å². The molecule has 0 saturated carbocycles. The summed E-state index contributed by atoms with van der Waals surface area (Å²) < 4.78 is 37.9. The van der Waals surface area contributed by atoms with Gasteiger partial charge in [-0.05, 0) is 18.2 Å². The van der Waals surface area contributed by atoms with Gasteiger partial charge in [0.2, 0.25) is 0 Å². The highest BCUT2D eigenvalue weighted by Gasteiger charge is 2.33. The summed E-state index contributed by atoms with van der Waals surface area (Å²) in [6.07, 6.45) is -4.55. The van der Waals surface area contributed by atoms with Crippen LogP contribution in [0.5, 0.6) is 0 Å². The van der Waals surface area contributed by atoms with Crippen LogP contribution in [-0.4, -0.2) is 18.2 Å². The average Bonchev–Trinajstić information content (AvgIpc) is 2.34. The van der Waals surface area contributed by atoms with Crippen molar-refractivity contribution in [3.05, 3.63) is 33.8 Å². The number of benzene rings is 1. The van der Waals surface area contributed by atoms with Crippen molar-refractivity contribution in [1.29, 1.82) is 0 Å². The second-order valence-corrected chi connectivity index (χ2v) is 5.35. The van der Waals surface area contributed by atoms with E-state index < -0.39 is 17.6 Å². The smallest absolute Gasteiger partial charge is 0.345 e. The molecule has 0 unspecified atom stereocenters. The van der Waals surface area contributed by atoms with Gasteiger partial charge in [-0.2, -0.15) is 13.2 Å². The molecule has 0 aliphatic carbocycles. The zero-order valence-electron chi connectivity index (χ0n) is 10.8. The summed E-state index contributed by atoms with van der Waals surface area (Å²) in [5, 5.41) is 2.31. The SMILES string of the molecule is CC(C)C(=O)CNC(=O)c1ccc(Br)c(C(F)(F)F)c1. The molecule has 0 spiro atoms. The van der Waals surface area contributed by atoms with Crippen LogP contribution in [0, 0.1) is 5.92 Å². The third kappa shape index (κ3) is 4.33. The van der Waals surface area contributed by atoms with Crippen molar-refractivity contribution in [3.8, 4) is 0 Å². The van der Waals surface area contributed by atoms with Crippen molar-refractivity contribution in [2.45, 2.75) is 20.0 Å². The van der Waals surface area contributed by atoms with E-state index in [1.807, 2.05) is 0 Å². The van der Waals surface area contributed by atoms with Crippen molar-refractivity contribution in [1.82, 2.24) is 5.32 Å². The molecule has 0 aliphatic rings. The summed E-state index contributed by atoms with van der Waals surface area (Å²) in [4.78, 5) is 23.1. The summed E-state index contributed by atoms with van der Waals surface area (Å²) >= 11 is 2.79. The highest BCUT2D eigenvalue weighted by molar-refractivity contribution is 9.10. The lowest BCUT2D eigenvalue weighted by Gasteiger charge is -2.11. The lowest BCUT2D eigenvalue weighted by Crippen LogP contribution is -2.31. The predicted molar refractivity (Wildman–Crippen MR) is 71.3 cm³/mol. The van der Waals surface area contributed by atoms with Crippen molar-refractivity contribution in [2.24, 2.45) is 5.92 Å². The van der Waals surface area contributed by atoms with Crippen LogP contribution in [0.25, 0.3) is 0 Å². The van der Waals surface area contributed by atoms with E-state index in [0.29, 0.717) is 0 Å². The van der Waals surface area contributed by atoms with E-state index in [1.165, 1.54) is 6.07 Å². The van der Waals surface area contributed by atoms with Gasteiger partial charge in [0.1, 0.15) is 0 Å². The number of rotatable bonds is 4. The molecule has 0 atom stereocenters. The predicted octanol–water partition coefficient (Wildman–Crippen LogP) is 3.42. The van der Waals surface area contributed by atoms with Gasteiger partial charge in [0.15, 0.2) is 5.78 Å². The van der Waals surface area contributed by atoms with Crippen LogP contribution < -0.4 is 5.32 Å². The number of ketones is 1. The number of hydrogen-bond donors (Lipinski definition) is 1. The Balaban J connectivity index is 2.87. The molecule has 0 bridgehead atoms. The molecule has 0 saturated heterocycles. The van der Waals surface area contributed by atoms with Gasteiger partial charge in [0.05, 0.1) is 12.1 Å². The molecule has 1 amide bonds. The Bertz CT molecular complexity index is 527. The van der Waals surface area contributed by atoms with Crippen LogP contribution in [0.1, 0.15) is 29.8 Å². The molecule has 110 valence electrons. The number of nitrogens with one attached hydrogen (secondary N) is 1. The largest absolute Gasteiger partial charge is 0.417 e. The highest BCUT2D eigenvalue weighted by Crippen LogP contribution is 2.35. The van der Waals surface area contributed by atoms with Gasteiger partial charge in [-0.3, -0.25) is 9.59 Å². The fourth-order valence-corrected chi connectivity index (χ4v) is 1.83. The van der Waals surface area contributed by atoms with Crippen molar-refractivity contribution < 1.29 is 22.8 Å². The molecular weight excluding hydrogens is 339 g/mol. The fraction of sp³-hybridized carbons (Fsp3) is 0.385. The minimum atomic E-state index is -4.55. The molecule has 0 aromatic heterocycles. The molecule has 7 heteroatoms. The Morgan fingerprint density at radius 3 is 2.40 bits per heavy atom. The van der Waals surface area contributed by atoms with E-state index in [9.17, 15) is 22.8 Å². The Morgan fingerprint density at radius 1 is 1.30 bits per heavy atom. The summed E-state index contributed by atoms with van der Waals surface area (Å²) in [5.41, 5.74) is -1.07. The van der Waals surface area contributed by atoms with Crippen LogP contribution in [0.2, 0.25) is 0 Å². The number of carbonyl (C=O) groups excluding carboxylic acids is 2. The summed E-state index contributed by atoms with van der Waals surface area (Å²) in [5.74, 6) is -1.14. The molecule has 20 heavy (non-hydrogen) atoms. The van der Waals surface area contributed by atoms with Crippen LogP contribution in [0.3, 0.4) is 0 Å². The third-order valence-electron chi connectivity index (χ3n) is 2.60. The fourth-order valence-electron chi connectivity index (χ4n) is 1.36. The summed E-state index contributed by atoms with van der Waals surface area (Å²) in [6.45, 7) is 3.15.